The molecule has 11 heteroatoms. The number of ether oxygens (including phenoxy) is 1. The number of hydrogen-bond acceptors (Lipinski definition) is 4. The van der Waals surface area contributed by atoms with Gasteiger partial charge in [-0.05, 0) is 53.5 Å². The fraction of sp³-hybridized carbons (Fsp3) is 0.632. The van der Waals surface area contributed by atoms with Gasteiger partial charge in [0.1, 0.15) is 5.60 Å². The van der Waals surface area contributed by atoms with Crippen LogP contribution >= 0.6 is 0 Å². The zero-order valence-electron chi connectivity index (χ0n) is 17.4. The third kappa shape index (κ3) is 5.51. The number of carboxylic acid groups (broad SMARTS) is 1. The lowest BCUT2D eigenvalue weighted by atomic mass is 10.0. The lowest BCUT2D eigenvalue weighted by molar-refractivity contribution is -0.140. The molecule has 2 rings (SSSR count). The van der Waals surface area contributed by atoms with E-state index < -0.39 is 46.4 Å². The Bertz CT molecular complexity index is 830. The summed E-state index contributed by atoms with van der Waals surface area (Å²) >= 11 is 0. The second kappa shape index (κ2) is 7.59. The standard InChI is InChI=1S/C19H25F4N3O4/c1-16(2,3)30-14(27)25-17(4,5)10-26(15(28)29)18(6-7-18)13-8-11(19(21,22)23)12(20)9-24-13/h8-9H,6-7,10H2,1-5H3,(H,25,27)(H,28,29). The topological polar surface area (TPSA) is 91.8 Å². The van der Waals surface area contributed by atoms with E-state index in [1.165, 1.54) is 0 Å². The largest absolute Gasteiger partial charge is 0.465 e. The maximum atomic E-state index is 13.6. The highest BCUT2D eigenvalue weighted by Crippen LogP contribution is 2.51. The van der Waals surface area contributed by atoms with Gasteiger partial charge in [-0.3, -0.25) is 9.88 Å². The first kappa shape index (κ1) is 23.7. The van der Waals surface area contributed by atoms with Gasteiger partial charge in [-0.15, -0.1) is 0 Å². The van der Waals surface area contributed by atoms with Crippen LogP contribution in [-0.2, 0) is 16.5 Å². The number of carbonyl (C=O) groups excluding carboxylic acids is 1. The molecule has 1 saturated carbocycles. The smallest absolute Gasteiger partial charge is 0.419 e. The first-order valence-corrected chi connectivity index (χ1v) is 9.22. The summed E-state index contributed by atoms with van der Waals surface area (Å²) in [6, 6.07) is 0.548. The number of hydrogen-bond donors (Lipinski definition) is 2. The summed E-state index contributed by atoms with van der Waals surface area (Å²) in [5, 5.41) is 12.3. The number of nitrogens with one attached hydrogen (secondary N) is 1. The van der Waals surface area contributed by atoms with Crippen LogP contribution in [0.3, 0.4) is 0 Å². The molecule has 0 atom stereocenters. The van der Waals surface area contributed by atoms with Gasteiger partial charge in [-0.25, -0.2) is 14.0 Å². The van der Waals surface area contributed by atoms with Crippen LogP contribution in [0.5, 0.6) is 0 Å². The number of amides is 2. The van der Waals surface area contributed by atoms with E-state index in [1.54, 1.807) is 34.6 Å². The molecule has 0 saturated heterocycles. The van der Waals surface area contributed by atoms with E-state index in [2.05, 4.69) is 10.3 Å². The SMILES string of the molecule is CC(C)(CN(C(=O)O)C1(c2cc(C(F)(F)F)c(F)cn2)CC1)NC(=O)OC(C)(C)C. The van der Waals surface area contributed by atoms with E-state index in [1.807, 2.05) is 0 Å². The van der Waals surface area contributed by atoms with Gasteiger partial charge < -0.3 is 15.2 Å². The van der Waals surface area contributed by atoms with Gasteiger partial charge in [0.05, 0.1) is 28.5 Å². The molecule has 0 bridgehead atoms. The van der Waals surface area contributed by atoms with Crippen molar-refractivity contribution in [3.63, 3.8) is 0 Å². The number of pyridine rings is 1. The summed E-state index contributed by atoms with van der Waals surface area (Å²) in [6.07, 6.45) is -6.21. The van der Waals surface area contributed by atoms with E-state index in [-0.39, 0.29) is 25.1 Å². The molecule has 1 aliphatic rings. The van der Waals surface area contributed by atoms with Crippen LogP contribution in [0.2, 0.25) is 0 Å². The van der Waals surface area contributed by atoms with Crippen LogP contribution in [0.1, 0.15) is 58.7 Å². The average Bonchev–Trinajstić information content (AvgIpc) is 3.30. The number of halogens is 4. The minimum atomic E-state index is -4.94. The van der Waals surface area contributed by atoms with Gasteiger partial charge in [0.15, 0.2) is 5.82 Å². The van der Waals surface area contributed by atoms with Gasteiger partial charge in [-0.1, -0.05) is 0 Å². The molecule has 0 aliphatic heterocycles. The van der Waals surface area contributed by atoms with Crippen molar-refractivity contribution in [3.8, 4) is 0 Å². The second-order valence-corrected chi connectivity index (χ2v) is 8.96. The van der Waals surface area contributed by atoms with E-state index in [0.29, 0.717) is 12.3 Å². The van der Waals surface area contributed by atoms with Crippen molar-refractivity contribution in [1.29, 1.82) is 0 Å². The molecule has 2 N–H and O–H groups in total. The summed E-state index contributed by atoms with van der Waals surface area (Å²) in [7, 11) is 0. The molecular weight excluding hydrogens is 410 g/mol. The van der Waals surface area contributed by atoms with E-state index in [9.17, 15) is 32.3 Å². The Morgan fingerprint density at radius 3 is 2.23 bits per heavy atom. The quantitative estimate of drug-likeness (QED) is 0.664. The number of nitrogens with zero attached hydrogens (tertiary/aromatic N) is 2. The zero-order chi connectivity index (χ0) is 23.1. The normalized spacial score (nSPS) is 16.0. The first-order valence-electron chi connectivity index (χ1n) is 9.22. The van der Waals surface area contributed by atoms with Crippen molar-refractivity contribution in [2.24, 2.45) is 0 Å². The highest BCUT2D eigenvalue weighted by atomic mass is 19.4. The summed E-state index contributed by atoms with van der Waals surface area (Å²) in [6.45, 7) is 7.87. The number of alkyl halides is 3. The molecule has 0 spiro atoms. The Hall–Kier alpha value is -2.59. The van der Waals surface area contributed by atoms with Crippen molar-refractivity contribution >= 4 is 12.2 Å². The van der Waals surface area contributed by atoms with Crippen molar-refractivity contribution in [1.82, 2.24) is 15.2 Å². The molecule has 1 fully saturated rings. The summed E-state index contributed by atoms with van der Waals surface area (Å²) in [4.78, 5) is 28.7. The fourth-order valence-electron chi connectivity index (χ4n) is 3.11. The van der Waals surface area contributed by atoms with Crippen LogP contribution in [0.4, 0.5) is 27.2 Å². The minimum absolute atomic E-state index is 0.188. The highest BCUT2D eigenvalue weighted by molar-refractivity contribution is 5.70. The van der Waals surface area contributed by atoms with E-state index in [0.717, 1.165) is 4.90 Å². The fourth-order valence-corrected chi connectivity index (χ4v) is 3.11. The Morgan fingerprint density at radius 1 is 1.23 bits per heavy atom. The number of rotatable bonds is 5. The van der Waals surface area contributed by atoms with Crippen LogP contribution in [-0.4, -0.2) is 44.9 Å². The lowest BCUT2D eigenvalue weighted by Gasteiger charge is -2.37. The molecule has 1 aromatic heterocycles. The molecule has 1 aliphatic carbocycles. The van der Waals surface area contributed by atoms with Gasteiger partial charge in [-0.2, -0.15) is 13.2 Å². The maximum absolute atomic E-state index is 13.6. The van der Waals surface area contributed by atoms with Crippen LogP contribution < -0.4 is 5.32 Å². The molecular formula is C19H25F4N3O4. The Labute approximate surface area is 171 Å². The molecule has 2 amide bonds. The monoisotopic (exact) mass is 435 g/mol. The van der Waals surface area contributed by atoms with Gasteiger partial charge in [0.2, 0.25) is 0 Å². The van der Waals surface area contributed by atoms with Crippen molar-refractivity contribution in [3.05, 3.63) is 29.3 Å². The summed E-state index contributed by atoms with van der Waals surface area (Å²) in [5.41, 5.74) is -4.90. The Morgan fingerprint density at radius 2 is 1.80 bits per heavy atom. The van der Waals surface area contributed by atoms with Crippen LogP contribution in [0.15, 0.2) is 12.3 Å². The van der Waals surface area contributed by atoms with E-state index in [4.69, 9.17) is 4.74 Å². The zero-order valence-corrected chi connectivity index (χ0v) is 17.4. The first-order chi connectivity index (χ1) is 13.5. The maximum Gasteiger partial charge on any atom is 0.419 e. The predicted octanol–water partition coefficient (Wildman–Crippen LogP) is 4.51. The van der Waals surface area contributed by atoms with Crippen LogP contribution in [0, 0.1) is 5.82 Å². The molecule has 0 radical (unpaired) electrons. The van der Waals surface area contributed by atoms with Crippen LogP contribution in [0.25, 0.3) is 0 Å². The number of carbonyl (C=O) groups is 2. The molecule has 1 heterocycles. The molecule has 0 aromatic carbocycles. The lowest BCUT2D eigenvalue weighted by Crippen LogP contribution is -2.56. The number of alkyl carbamates (subject to hydrolysis) is 1. The average molecular weight is 435 g/mol. The highest BCUT2D eigenvalue weighted by Gasteiger charge is 2.55. The Balaban J connectivity index is 2.30. The molecule has 1 aromatic rings. The molecule has 7 nitrogen and oxygen atoms in total. The number of aromatic nitrogens is 1. The minimum Gasteiger partial charge on any atom is -0.465 e. The molecule has 30 heavy (non-hydrogen) atoms. The summed E-state index contributed by atoms with van der Waals surface area (Å²) < 4.78 is 58.0. The third-order valence-electron chi connectivity index (χ3n) is 4.50. The third-order valence-corrected chi connectivity index (χ3v) is 4.50. The Kier molecular flexibility index (Phi) is 5.99. The van der Waals surface area contributed by atoms with E-state index >= 15 is 0 Å². The molecule has 0 unspecified atom stereocenters. The van der Waals surface area contributed by atoms with Crippen molar-refractivity contribution in [2.45, 2.75) is 70.3 Å². The van der Waals surface area contributed by atoms with Crippen molar-refractivity contribution < 1.29 is 37.0 Å². The van der Waals surface area contributed by atoms with Crippen molar-refractivity contribution in [2.75, 3.05) is 6.54 Å². The van der Waals surface area contributed by atoms with Gasteiger partial charge in [0, 0.05) is 6.54 Å². The molecule has 168 valence electrons. The van der Waals surface area contributed by atoms with Gasteiger partial charge in [0.25, 0.3) is 0 Å². The second-order valence-electron chi connectivity index (χ2n) is 8.96. The predicted molar refractivity (Wildman–Crippen MR) is 98.3 cm³/mol. The summed E-state index contributed by atoms with van der Waals surface area (Å²) in [5.74, 6) is -1.53. The van der Waals surface area contributed by atoms with Gasteiger partial charge >= 0.3 is 18.4 Å².